The number of benzene rings is 2. The lowest BCUT2D eigenvalue weighted by Crippen LogP contribution is -1.79. The zero-order chi connectivity index (χ0) is 14.8. The van der Waals surface area contributed by atoms with Crippen molar-refractivity contribution in [2.24, 2.45) is 4.99 Å². The Morgan fingerprint density at radius 2 is 1.95 bits per heavy atom. The number of aromatic amines is 2. The van der Waals surface area contributed by atoms with E-state index >= 15 is 0 Å². The molecule has 4 heteroatoms. The lowest BCUT2D eigenvalue weighted by Gasteiger charge is -1.99. The first-order chi connectivity index (χ1) is 10.9. The highest BCUT2D eigenvalue weighted by molar-refractivity contribution is 5.99. The molecule has 4 rings (SSSR count). The average Bonchev–Trinajstić information content (AvgIpc) is 3.23. The van der Waals surface area contributed by atoms with E-state index in [0.717, 1.165) is 28.0 Å². The molecule has 0 amide bonds. The minimum atomic E-state index is 0.914. The minimum Gasteiger partial charge on any atom is -0.361 e. The summed E-state index contributed by atoms with van der Waals surface area (Å²) in [6, 6.07) is 16.3. The molecule has 0 spiro atoms. The summed E-state index contributed by atoms with van der Waals surface area (Å²) >= 11 is 0. The molecule has 0 aliphatic rings. The number of aliphatic imine (C=N–C) groups is 1. The largest absolute Gasteiger partial charge is 0.361 e. The van der Waals surface area contributed by atoms with Gasteiger partial charge in [-0.2, -0.15) is 0 Å². The smallest absolute Gasteiger partial charge is 0.0924 e. The fourth-order valence-electron chi connectivity index (χ4n) is 2.51. The molecule has 2 aromatic heterocycles. The number of imidazole rings is 1. The van der Waals surface area contributed by atoms with Crippen LogP contribution in [-0.4, -0.2) is 21.2 Å². The Hall–Kier alpha value is -3.14. The second-order valence-corrected chi connectivity index (χ2v) is 5.06. The summed E-state index contributed by atoms with van der Waals surface area (Å²) in [6.45, 7) is 0. The lowest BCUT2D eigenvalue weighted by atomic mass is 10.1. The lowest BCUT2D eigenvalue weighted by molar-refractivity contribution is 1.31. The van der Waals surface area contributed by atoms with E-state index in [1.54, 1.807) is 6.33 Å². The van der Waals surface area contributed by atoms with Gasteiger partial charge in [-0.15, -0.1) is 0 Å². The quantitative estimate of drug-likeness (QED) is 0.542. The molecule has 0 bridgehead atoms. The van der Waals surface area contributed by atoms with Crippen LogP contribution < -0.4 is 0 Å². The van der Waals surface area contributed by atoms with E-state index in [9.17, 15) is 0 Å². The van der Waals surface area contributed by atoms with Crippen LogP contribution in [0.4, 0.5) is 5.69 Å². The van der Waals surface area contributed by atoms with E-state index in [-0.39, 0.29) is 0 Å². The van der Waals surface area contributed by atoms with Crippen LogP contribution in [0.2, 0.25) is 0 Å². The number of hydrogen-bond acceptors (Lipinski definition) is 2. The number of rotatable bonds is 3. The molecular weight excluding hydrogens is 272 g/mol. The molecule has 0 radical (unpaired) electrons. The molecule has 106 valence electrons. The van der Waals surface area contributed by atoms with Crippen LogP contribution >= 0.6 is 0 Å². The number of aromatic nitrogens is 3. The number of nitrogens with zero attached hydrogens (tertiary/aromatic N) is 2. The maximum atomic E-state index is 4.59. The predicted octanol–water partition coefficient (Wildman–Crippen LogP) is 4.31. The van der Waals surface area contributed by atoms with Crippen molar-refractivity contribution >= 4 is 22.8 Å². The van der Waals surface area contributed by atoms with Gasteiger partial charge < -0.3 is 9.97 Å². The molecule has 2 N–H and O–H groups in total. The van der Waals surface area contributed by atoms with Crippen LogP contribution in [0.25, 0.3) is 22.2 Å². The third kappa shape index (κ3) is 2.31. The summed E-state index contributed by atoms with van der Waals surface area (Å²) in [4.78, 5) is 15.0. The number of para-hydroxylation sites is 1. The third-order valence-corrected chi connectivity index (χ3v) is 3.63. The Labute approximate surface area is 127 Å². The summed E-state index contributed by atoms with van der Waals surface area (Å²) in [7, 11) is 0. The predicted molar refractivity (Wildman–Crippen MR) is 89.6 cm³/mol. The second-order valence-electron chi connectivity index (χ2n) is 5.06. The van der Waals surface area contributed by atoms with E-state index in [1.165, 1.54) is 5.39 Å². The average molecular weight is 286 g/mol. The first kappa shape index (κ1) is 12.6. The molecule has 0 aliphatic carbocycles. The van der Waals surface area contributed by atoms with E-state index in [0.29, 0.717) is 0 Å². The van der Waals surface area contributed by atoms with Crippen LogP contribution in [0, 0.1) is 0 Å². The molecule has 0 unspecified atom stereocenters. The molecule has 22 heavy (non-hydrogen) atoms. The fourth-order valence-corrected chi connectivity index (χ4v) is 2.51. The topological polar surface area (TPSA) is 56.8 Å². The zero-order valence-electron chi connectivity index (χ0n) is 11.8. The summed E-state index contributed by atoms with van der Waals surface area (Å²) < 4.78 is 0. The fraction of sp³-hybridized carbons (Fsp3) is 0. The summed E-state index contributed by atoms with van der Waals surface area (Å²) in [5, 5.41) is 1.18. The molecule has 0 aliphatic heterocycles. The summed E-state index contributed by atoms with van der Waals surface area (Å²) in [5.41, 5.74) is 5.19. The monoisotopic (exact) mass is 286 g/mol. The van der Waals surface area contributed by atoms with Gasteiger partial charge in [0, 0.05) is 34.4 Å². The van der Waals surface area contributed by atoms with Crippen molar-refractivity contribution in [3.8, 4) is 11.3 Å². The second kappa shape index (κ2) is 5.33. The molecule has 4 aromatic rings. The van der Waals surface area contributed by atoms with Gasteiger partial charge in [-0.3, -0.25) is 4.99 Å². The normalized spacial score (nSPS) is 11.5. The van der Waals surface area contributed by atoms with Gasteiger partial charge in [-0.1, -0.05) is 30.3 Å². The van der Waals surface area contributed by atoms with Gasteiger partial charge in [0.25, 0.3) is 0 Å². The zero-order valence-corrected chi connectivity index (χ0v) is 11.8. The Balaban J connectivity index is 1.67. The molecule has 0 fully saturated rings. The maximum Gasteiger partial charge on any atom is 0.0924 e. The first-order valence-corrected chi connectivity index (χ1v) is 7.09. The van der Waals surface area contributed by atoms with Crippen molar-refractivity contribution in [2.45, 2.75) is 0 Å². The number of H-pyrrole nitrogens is 2. The van der Waals surface area contributed by atoms with Gasteiger partial charge in [-0.05, 0) is 18.2 Å². The van der Waals surface area contributed by atoms with Crippen molar-refractivity contribution in [3.63, 3.8) is 0 Å². The van der Waals surface area contributed by atoms with Gasteiger partial charge in [0.05, 0.1) is 23.9 Å². The Morgan fingerprint density at radius 1 is 1.00 bits per heavy atom. The molecule has 0 atom stereocenters. The maximum absolute atomic E-state index is 4.59. The molecule has 0 saturated heterocycles. The van der Waals surface area contributed by atoms with Crippen LogP contribution in [0.1, 0.15) is 5.56 Å². The summed E-state index contributed by atoms with van der Waals surface area (Å²) in [5.74, 6) is 0. The first-order valence-electron chi connectivity index (χ1n) is 7.09. The van der Waals surface area contributed by atoms with Crippen molar-refractivity contribution in [1.29, 1.82) is 0 Å². The molecule has 2 heterocycles. The SMILES string of the molecule is C(=Nc1cccc(-c2cnc[nH]2)c1)c1c[nH]c2ccccc12. The summed E-state index contributed by atoms with van der Waals surface area (Å²) in [6.07, 6.45) is 7.36. The Kier molecular flexibility index (Phi) is 3.05. The van der Waals surface area contributed by atoms with E-state index in [4.69, 9.17) is 0 Å². The Morgan fingerprint density at radius 3 is 2.86 bits per heavy atom. The van der Waals surface area contributed by atoms with E-state index in [1.807, 2.05) is 55.0 Å². The number of fused-ring (bicyclic) bond motifs is 1. The van der Waals surface area contributed by atoms with Crippen molar-refractivity contribution in [1.82, 2.24) is 15.0 Å². The number of nitrogens with one attached hydrogen (secondary N) is 2. The molecule has 0 saturated carbocycles. The van der Waals surface area contributed by atoms with Gasteiger partial charge in [0.1, 0.15) is 0 Å². The molecular formula is C18H14N4. The minimum absolute atomic E-state index is 0.914. The van der Waals surface area contributed by atoms with Crippen molar-refractivity contribution in [3.05, 3.63) is 72.8 Å². The van der Waals surface area contributed by atoms with Crippen LogP contribution in [0.15, 0.2) is 72.2 Å². The number of hydrogen-bond donors (Lipinski definition) is 2. The molecule has 4 nitrogen and oxygen atoms in total. The van der Waals surface area contributed by atoms with Crippen molar-refractivity contribution in [2.75, 3.05) is 0 Å². The standard InChI is InChI=1S/C18H14N4/c1-2-7-17-16(6-1)14(10-21-17)9-20-15-5-3-4-13(8-15)18-11-19-12-22-18/h1-12,21H,(H,19,22). The van der Waals surface area contributed by atoms with Crippen molar-refractivity contribution < 1.29 is 0 Å². The van der Waals surface area contributed by atoms with Crippen LogP contribution in [-0.2, 0) is 0 Å². The van der Waals surface area contributed by atoms with E-state index in [2.05, 4.69) is 32.1 Å². The van der Waals surface area contributed by atoms with E-state index < -0.39 is 0 Å². The van der Waals surface area contributed by atoms with Gasteiger partial charge >= 0.3 is 0 Å². The van der Waals surface area contributed by atoms with Crippen LogP contribution in [0.5, 0.6) is 0 Å². The highest BCUT2D eigenvalue weighted by atomic mass is 14.9. The third-order valence-electron chi connectivity index (χ3n) is 3.63. The molecule has 2 aromatic carbocycles. The highest BCUT2D eigenvalue weighted by Crippen LogP contribution is 2.23. The Bertz CT molecular complexity index is 933. The highest BCUT2D eigenvalue weighted by Gasteiger charge is 2.01. The van der Waals surface area contributed by atoms with Crippen LogP contribution in [0.3, 0.4) is 0 Å². The van der Waals surface area contributed by atoms with Gasteiger partial charge in [0.2, 0.25) is 0 Å². The van der Waals surface area contributed by atoms with Gasteiger partial charge in [-0.25, -0.2) is 4.98 Å². The van der Waals surface area contributed by atoms with Gasteiger partial charge in [0.15, 0.2) is 0 Å².